The van der Waals surface area contributed by atoms with Crippen LogP contribution in [0.25, 0.3) is 0 Å². The molecular formula is C14H29N3O2. The van der Waals surface area contributed by atoms with Crippen molar-refractivity contribution in [3.63, 3.8) is 0 Å². The number of hydrogen-bond acceptors (Lipinski definition) is 3. The van der Waals surface area contributed by atoms with Gasteiger partial charge in [0.15, 0.2) is 0 Å². The molecule has 0 heterocycles. The summed E-state index contributed by atoms with van der Waals surface area (Å²) in [6.07, 6.45) is 0. The number of nitrogens with one attached hydrogen (secondary N) is 1. The Balaban J connectivity index is 4.95. The molecule has 19 heavy (non-hydrogen) atoms. The van der Waals surface area contributed by atoms with Gasteiger partial charge in [-0.2, -0.15) is 0 Å². The van der Waals surface area contributed by atoms with E-state index < -0.39 is 6.04 Å². The van der Waals surface area contributed by atoms with Crippen molar-refractivity contribution in [1.82, 2.24) is 15.1 Å². The largest absolute Gasteiger partial charge is 0.347 e. The van der Waals surface area contributed by atoms with Crippen LogP contribution < -0.4 is 5.32 Å². The number of amides is 2. The van der Waals surface area contributed by atoms with E-state index in [1.165, 1.54) is 4.90 Å². The average Bonchev–Trinajstić information content (AvgIpc) is 2.23. The lowest BCUT2D eigenvalue weighted by atomic mass is 9.99. The van der Waals surface area contributed by atoms with Crippen LogP contribution >= 0.6 is 0 Å². The first-order valence-electron chi connectivity index (χ1n) is 6.77. The van der Waals surface area contributed by atoms with Crippen molar-refractivity contribution in [1.29, 1.82) is 0 Å². The highest BCUT2D eigenvalue weighted by atomic mass is 16.2. The van der Waals surface area contributed by atoms with Gasteiger partial charge in [0, 0.05) is 14.1 Å². The Morgan fingerprint density at radius 3 is 1.63 bits per heavy atom. The Hall–Kier alpha value is -1.10. The van der Waals surface area contributed by atoms with Crippen molar-refractivity contribution in [3.8, 4) is 0 Å². The van der Waals surface area contributed by atoms with Crippen molar-refractivity contribution in [2.24, 2.45) is 11.8 Å². The summed E-state index contributed by atoms with van der Waals surface area (Å²) in [5.74, 6) is 0.101. The van der Waals surface area contributed by atoms with E-state index in [1.807, 2.05) is 46.7 Å². The molecule has 0 radical (unpaired) electrons. The third-order valence-corrected chi connectivity index (χ3v) is 3.13. The molecule has 0 saturated carbocycles. The van der Waals surface area contributed by atoms with Crippen molar-refractivity contribution >= 4 is 11.8 Å². The maximum Gasteiger partial charge on any atom is 0.244 e. The summed E-state index contributed by atoms with van der Waals surface area (Å²) in [5.41, 5.74) is 0. The molecule has 1 N–H and O–H groups in total. The molecule has 5 nitrogen and oxygen atoms in total. The summed E-state index contributed by atoms with van der Waals surface area (Å²) >= 11 is 0. The standard InChI is InChI=1S/C14H29N3O2/c1-9(2)11(14(19)17(7)8)15-13(18)12(10(3)4)16(5)6/h9-12H,1-8H3,(H,15,18)/t11-,12+/m0/s1. The molecule has 112 valence electrons. The van der Waals surface area contributed by atoms with Gasteiger partial charge in [-0.3, -0.25) is 14.5 Å². The molecule has 0 aromatic rings. The highest BCUT2D eigenvalue weighted by Gasteiger charge is 2.30. The molecule has 0 aromatic heterocycles. The zero-order chi connectivity index (χ0) is 15.3. The van der Waals surface area contributed by atoms with Crippen molar-refractivity contribution < 1.29 is 9.59 Å². The van der Waals surface area contributed by atoms with Gasteiger partial charge >= 0.3 is 0 Å². The van der Waals surface area contributed by atoms with Crippen LogP contribution in [0.3, 0.4) is 0 Å². The molecule has 0 bridgehead atoms. The SMILES string of the molecule is CC(C)[C@H](NC(=O)[C@@H](C(C)C)N(C)C)C(=O)N(C)C. The first-order valence-corrected chi connectivity index (χ1v) is 6.77. The van der Waals surface area contributed by atoms with Crippen LogP contribution in [0.5, 0.6) is 0 Å². The van der Waals surface area contributed by atoms with Crippen LogP contribution in [0, 0.1) is 11.8 Å². The van der Waals surface area contributed by atoms with E-state index in [9.17, 15) is 9.59 Å². The molecule has 0 aliphatic rings. The monoisotopic (exact) mass is 271 g/mol. The minimum absolute atomic E-state index is 0.0637. The second kappa shape index (κ2) is 7.48. The normalized spacial score (nSPS) is 14.7. The number of likely N-dealkylation sites (N-methyl/N-ethyl adjacent to an activating group) is 2. The Kier molecular flexibility index (Phi) is 7.05. The van der Waals surface area contributed by atoms with E-state index >= 15 is 0 Å². The second-order valence-electron chi connectivity index (χ2n) is 6.12. The molecule has 0 saturated heterocycles. The summed E-state index contributed by atoms with van der Waals surface area (Å²) in [6, 6.07) is -0.695. The predicted octanol–water partition coefficient (Wildman–Crippen LogP) is 0.802. The second-order valence-corrected chi connectivity index (χ2v) is 6.12. The first kappa shape index (κ1) is 17.9. The molecule has 2 amide bonds. The minimum Gasteiger partial charge on any atom is -0.347 e. The average molecular weight is 271 g/mol. The van der Waals surface area contributed by atoms with Gasteiger partial charge < -0.3 is 10.2 Å². The van der Waals surface area contributed by atoms with Crippen molar-refractivity contribution in [3.05, 3.63) is 0 Å². The Morgan fingerprint density at radius 2 is 1.37 bits per heavy atom. The molecule has 0 aliphatic heterocycles. The number of hydrogen-bond donors (Lipinski definition) is 1. The lowest BCUT2D eigenvalue weighted by Crippen LogP contribution is -2.55. The topological polar surface area (TPSA) is 52.7 Å². The third kappa shape index (κ3) is 5.19. The number of rotatable bonds is 6. The molecule has 5 heteroatoms. The molecule has 2 atom stereocenters. The molecule has 0 aromatic carbocycles. The first-order chi connectivity index (χ1) is 8.59. The highest BCUT2D eigenvalue weighted by molar-refractivity contribution is 5.89. The van der Waals surface area contributed by atoms with Gasteiger partial charge in [0.25, 0.3) is 0 Å². The molecular weight excluding hydrogens is 242 g/mol. The Bertz CT molecular complexity index is 304. The fraction of sp³-hybridized carbons (Fsp3) is 0.857. The van der Waals surface area contributed by atoms with Gasteiger partial charge in [-0.05, 0) is 25.9 Å². The molecule has 0 rings (SSSR count). The van der Waals surface area contributed by atoms with Gasteiger partial charge in [0.2, 0.25) is 11.8 Å². The summed E-state index contributed by atoms with van der Waals surface area (Å²) in [6.45, 7) is 7.88. The van der Waals surface area contributed by atoms with Crippen LogP contribution in [0.1, 0.15) is 27.7 Å². The summed E-state index contributed by atoms with van der Waals surface area (Å²) in [7, 11) is 7.16. The number of carbonyl (C=O) groups excluding carboxylic acids is 2. The lowest BCUT2D eigenvalue weighted by molar-refractivity contribution is -0.137. The maximum absolute atomic E-state index is 12.3. The van der Waals surface area contributed by atoms with Gasteiger partial charge in [-0.15, -0.1) is 0 Å². The van der Waals surface area contributed by atoms with Crippen LogP contribution in [0.15, 0.2) is 0 Å². The van der Waals surface area contributed by atoms with E-state index in [1.54, 1.807) is 14.1 Å². The lowest BCUT2D eigenvalue weighted by Gasteiger charge is -2.31. The quantitative estimate of drug-likeness (QED) is 0.777. The predicted molar refractivity (Wildman–Crippen MR) is 77.8 cm³/mol. The van der Waals surface area contributed by atoms with E-state index in [2.05, 4.69) is 5.32 Å². The fourth-order valence-electron chi connectivity index (χ4n) is 2.16. The van der Waals surface area contributed by atoms with Gasteiger partial charge in [0.1, 0.15) is 6.04 Å². The van der Waals surface area contributed by atoms with E-state index in [-0.39, 0.29) is 29.7 Å². The van der Waals surface area contributed by atoms with Crippen molar-refractivity contribution in [2.45, 2.75) is 39.8 Å². The number of carbonyl (C=O) groups is 2. The van der Waals surface area contributed by atoms with Crippen molar-refractivity contribution in [2.75, 3.05) is 28.2 Å². The third-order valence-electron chi connectivity index (χ3n) is 3.13. The Labute approximate surface area is 117 Å². The molecule has 0 unspecified atom stereocenters. The summed E-state index contributed by atoms with van der Waals surface area (Å²) in [5, 5.41) is 2.89. The summed E-state index contributed by atoms with van der Waals surface area (Å²) < 4.78 is 0. The van der Waals surface area contributed by atoms with E-state index in [4.69, 9.17) is 0 Å². The molecule has 0 aliphatic carbocycles. The number of nitrogens with zero attached hydrogens (tertiary/aromatic N) is 2. The summed E-state index contributed by atoms with van der Waals surface area (Å²) in [4.78, 5) is 27.8. The van der Waals surface area contributed by atoms with Gasteiger partial charge in [-0.25, -0.2) is 0 Å². The zero-order valence-electron chi connectivity index (χ0n) is 13.5. The van der Waals surface area contributed by atoms with Crippen LogP contribution in [-0.4, -0.2) is 61.9 Å². The Morgan fingerprint density at radius 1 is 0.895 bits per heavy atom. The fourth-order valence-corrected chi connectivity index (χ4v) is 2.16. The van der Waals surface area contributed by atoms with Gasteiger partial charge in [-0.1, -0.05) is 27.7 Å². The van der Waals surface area contributed by atoms with E-state index in [0.29, 0.717) is 0 Å². The van der Waals surface area contributed by atoms with Crippen LogP contribution in [0.2, 0.25) is 0 Å². The van der Waals surface area contributed by atoms with Crippen LogP contribution in [-0.2, 0) is 9.59 Å². The highest BCUT2D eigenvalue weighted by Crippen LogP contribution is 2.10. The maximum atomic E-state index is 12.3. The van der Waals surface area contributed by atoms with Gasteiger partial charge in [0.05, 0.1) is 6.04 Å². The smallest absolute Gasteiger partial charge is 0.244 e. The minimum atomic E-state index is -0.469. The van der Waals surface area contributed by atoms with Crippen LogP contribution in [0.4, 0.5) is 0 Å². The molecule has 0 fully saturated rings. The molecule has 0 spiro atoms. The van der Waals surface area contributed by atoms with E-state index in [0.717, 1.165) is 0 Å². The zero-order valence-corrected chi connectivity index (χ0v) is 13.5.